The predicted octanol–water partition coefficient (Wildman–Crippen LogP) is 0.470. The molecule has 23 heavy (non-hydrogen) atoms. The molecule has 1 aliphatic rings. The summed E-state index contributed by atoms with van der Waals surface area (Å²) in [5.74, 6) is -0.372. The van der Waals surface area contributed by atoms with Gasteiger partial charge in [-0.25, -0.2) is 4.79 Å². The fourth-order valence-electron chi connectivity index (χ4n) is 1.91. The summed E-state index contributed by atoms with van der Waals surface area (Å²) in [5.41, 5.74) is 0.457. The van der Waals surface area contributed by atoms with Crippen molar-refractivity contribution in [3.05, 3.63) is 18.2 Å². The molecule has 0 unspecified atom stereocenters. The topological polar surface area (TPSA) is 117 Å². The second-order valence-corrected chi connectivity index (χ2v) is 4.95. The van der Waals surface area contributed by atoms with Crippen LogP contribution in [0.5, 0.6) is 11.5 Å². The molecule has 1 aliphatic heterocycles. The Bertz CT molecular complexity index is 619. The monoisotopic (exact) mass is 323 g/mol. The molecule has 3 N–H and O–H groups in total. The highest BCUT2D eigenvalue weighted by atomic mass is 16.7. The average Bonchev–Trinajstić information content (AvgIpc) is 2.92. The Labute approximate surface area is 132 Å². The second kappa shape index (κ2) is 7.45. The van der Waals surface area contributed by atoms with Crippen LogP contribution in [-0.4, -0.2) is 54.8 Å². The molecule has 9 nitrogen and oxygen atoms in total. The molecule has 0 bridgehead atoms. The zero-order chi connectivity index (χ0) is 16.8. The van der Waals surface area contributed by atoms with Crippen molar-refractivity contribution in [2.75, 3.05) is 32.2 Å². The maximum Gasteiger partial charge on any atom is 0.325 e. The maximum absolute atomic E-state index is 11.7. The molecular formula is C14H17N3O6. The zero-order valence-corrected chi connectivity index (χ0v) is 12.5. The first-order valence-electron chi connectivity index (χ1n) is 6.85. The number of likely N-dealkylation sites (N-methyl/N-ethyl adjacent to an activating group) is 1. The summed E-state index contributed by atoms with van der Waals surface area (Å²) in [6.45, 7) is 0.264. The van der Waals surface area contributed by atoms with Crippen molar-refractivity contribution in [3.63, 3.8) is 0 Å². The van der Waals surface area contributed by atoms with Crippen LogP contribution < -0.4 is 20.1 Å². The molecule has 0 saturated heterocycles. The van der Waals surface area contributed by atoms with Gasteiger partial charge in [0, 0.05) is 18.3 Å². The summed E-state index contributed by atoms with van der Waals surface area (Å²) >= 11 is 0. The van der Waals surface area contributed by atoms with Crippen LogP contribution in [0.25, 0.3) is 0 Å². The number of benzene rings is 1. The van der Waals surface area contributed by atoms with Gasteiger partial charge in [0.15, 0.2) is 11.5 Å². The Balaban J connectivity index is 1.78. The van der Waals surface area contributed by atoms with Crippen molar-refractivity contribution >= 4 is 23.6 Å². The van der Waals surface area contributed by atoms with Crippen molar-refractivity contribution in [2.24, 2.45) is 0 Å². The first-order valence-corrected chi connectivity index (χ1v) is 6.85. The highest BCUT2D eigenvalue weighted by Gasteiger charge is 2.15. The zero-order valence-electron chi connectivity index (χ0n) is 12.5. The van der Waals surface area contributed by atoms with Crippen molar-refractivity contribution in [1.29, 1.82) is 0 Å². The molecule has 9 heteroatoms. The SMILES string of the molecule is CN(CCC(=O)O)CC(=O)NC(=O)Nc1ccc2c(c1)OCO2. The van der Waals surface area contributed by atoms with Crippen molar-refractivity contribution in [2.45, 2.75) is 6.42 Å². The molecule has 1 aromatic rings. The number of hydrogen-bond donors (Lipinski definition) is 3. The summed E-state index contributed by atoms with van der Waals surface area (Å²) in [4.78, 5) is 35.4. The number of nitrogens with zero attached hydrogens (tertiary/aromatic N) is 1. The standard InChI is InChI=1S/C14H17N3O6/c1-17(5-4-13(19)20)7-12(18)16-14(21)15-9-2-3-10-11(6-9)23-8-22-10/h2-3,6H,4-5,7-8H2,1H3,(H,19,20)(H2,15,16,18,21). The van der Waals surface area contributed by atoms with Crippen molar-refractivity contribution < 1.29 is 29.0 Å². The van der Waals surface area contributed by atoms with E-state index in [1.807, 2.05) is 0 Å². The number of urea groups is 1. The van der Waals surface area contributed by atoms with E-state index in [2.05, 4.69) is 10.6 Å². The maximum atomic E-state index is 11.7. The molecule has 3 amide bonds. The quantitative estimate of drug-likeness (QED) is 0.696. The lowest BCUT2D eigenvalue weighted by Gasteiger charge is -2.14. The van der Waals surface area contributed by atoms with Gasteiger partial charge in [-0.3, -0.25) is 19.8 Å². The molecule has 0 fully saturated rings. The summed E-state index contributed by atoms with van der Waals surface area (Å²) in [5, 5.41) is 13.2. The number of carboxylic acids is 1. The van der Waals surface area contributed by atoms with Crippen LogP contribution in [0.1, 0.15) is 6.42 Å². The summed E-state index contributed by atoms with van der Waals surface area (Å²) in [7, 11) is 1.60. The van der Waals surface area contributed by atoms with E-state index >= 15 is 0 Å². The molecule has 0 saturated carbocycles. The largest absolute Gasteiger partial charge is 0.481 e. The van der Waals surface area contributed by atoms with Crippen LogP contribution in [-0.2, 0) is 9.59 Å². The minimum absolute atomic E-state index is 0.0762. The fraction of sp³-hybridized carbons (Fsp3) is 0.357. The highest BCUT2D eigenvalue weighted by Crippen LogP contribution is 2.34. The van der Waals surface area contributed by atoms with Gasteiger partial charge in [-0.15, -0.1) is 0 Å². The van der Waals surface area contributed by atoms with E-state index in [9.17, 15) is 14.4 Å². The van der Waals surface area contributed by atoms with Crippen LogP contribution in [0.2, 0.25) is 0 Å². The van der Waals surface area contributed by atoms with Crippen LogP contribution in [0.3, 0.4) is 0 Å². The van der Waals surface area contributed by atoms with Crippen LogP contribution >= 0.6 is 0 Å². The van der Waals surface area contributed by atoms with Gasteiger partial charge in [0.2, 0.25) is 12.7 Å². The smallest absolute Gasteiger partial charge is 0.325 e. The lowest BCUT2D eigenvalue weighted by Crippen LogP contribution is -2.41. The van der Waals surface area contributed by atoms with Crippen LogP contribution in [0.4, 0.5) is 10.5 Å². The van der Waals surface area contributed by atoms with E-state index in [1.54, 1.807) is 25.2 Å². The van der Waals surface area contributed by atoms with Crippen LogP contribution in [0, 0.1) is 0 Å². The van der Waals surface area contributed by atoms with Crippen molar-refractivity contribution in [3.8, 4) is 11.5 Å². The van der Waals surface area contributed by atoms with E-state index in [1.165, 1.54) is 4.90 Å². The van der Waals surface area contributed by atoms with E-state index in [0.717, 1.165) is 0 Å². The molecule has 0 radical (unpaired) electrons. The van der Waals surface area contributed by atoms with E-state index < -0.39 is 17.9 Å². The molecule has 2 rings (SSSR count). The summed E-state index contributed by atoms with van der Waals surface area (Å²) < 4.78 is 10.3. The number of carbonyl (C=O) groups is 3. The number of nitrogens with one attached hydrogen (secondary N) is 2. The van der Waals surface area contributed by atoms with Gasteiger partial charge in [-0.1, -0.05) is 0 Å². The number of anilines is 1. The molecule has 0 atom stereocenters. The third-order valence-corrected chi connectivity index (χ3v) is 3.00. The van der Waals surface area contributed by atoms with E-state index in [4.69, 9.17) is 14.6 Å². The van der Waals surface area contributed by atoms with E-state index in [0.29, 0.717) is 17.2 Å². The van der Waals surface area contributed by atoms with Gasteiger partial charge >= 0.3 is 12.0 Å². The number of amides is 3. The lowest BCUT2D eigenvalue weighted by atomic mass is 10.3. The van der Waals surface area contributed by atoms with Crippen LogP contribution in [0.15, 0.2) is 18.2 Å². The first kappa shape index (κ1) is 16.6. The fourth-order valence-corrected chi connectivity index (χ4v) is 1.91. The molecular weight excluding hydrogens is 306 g/mol. The Morgan fingerprint density at radius 2 is 2.00 bits per heavy atom. The first-order chi connectivity index (χ1) is 10.9. The molecule has 1 aromatic carbocycles. The predicted molar refractivity (Wildman–Crippen MR) is 79.5 cm³/mol. The van der Waals surface area contributed by atoms with Gasteiger partial charge in [-0.05, 0) is 19.2 Å². The molecule has 0 aliphatic carbocycles. The van der Waals surface area contributed by atoms with Crippen molar-refractivity contribution in [1.82, 2.24) is 10.2 Å². The Morgan fingerprint density at radius 3 is 2.74 bits per heavy atom. The number of carboxylic acid groups (broad SMARTS) is 1. The van der Waals surface area contributed by atoms with Gasteiger partial charge in [0.05, 0.1) is 13.0 Å². The second-order valence-electron chi connectivity index (χ2n) is 4.95. The third-order valence-electron chi connectivity index (χ3n) is 3.00. The number of aliphatic carboxylic acids is 1. The van der Waals surface area contributed by atoms with Gasteiger partial charge < -0.3 is 19.9 Å². The number of carbonyl (C=O) groups excluding carboxylic acids is 2. The molecule has 0 aromatic heterocycles. The lowest BCUT2D eigenvalue weighted by molar-refractivity contribution is -0.137. The highest BCUT2D eigenvalue weighted by molar-refractivity contribution is 6.01. The van der Waals surface area contributed by atoms with Gasteiger partial charge in [0.25, 0.3) is 0 Å². The van der Waals surface area contributed by atoms with Gasteiger partial charge in [0.1, 0.15) is 0 Å². The minimum atomic E-state index is -0.946. The average molecular weight is 323 g/mol. The molecule has 1 heterocycles. The summed E-state index contributed by atoms with van der Waals surface area (Å²) in [6.07, 6.45) is -0.0762. The van der Waals surface area contributed by atoms with Gasteiger partial charge in [-0.2, -0.15) is 0 Å². The summed E-state index contributed by atoms with van der Waals surface area (Å²) in [6, 6.07) is 4.18. The molecule has 0 spiro atoms. The Kier molecular flexibility index (Phi) is 5.36. The number of rotatable bonds is 6. The number of imide groups is 1. The third kappa shape index (κ3) is 5.15. The van der Waals surface area contributed by atoms with E-state index in [-0.39, 0.29) is 26.3 Å². The normalized spacial score (nSPS) is 12.1. The Morgan fingerprint density at radius 1 is 1.26 bits per heavy atom. The number of hydrogen-bond acceptors (Lipinski definition) is 6. The number of ether oxygens (including phenoxy) is 2. The molecule has 124 valence electrons. The minimum Gasteiger partial charge on any atom is -0.481 e. The number of fused-ring (bicyclic) bond motifs is 1. The Hall–Kier alpha value is -2.81.